The molecular formula is C28H32N2O4. The lowest BCUT2D eigenvalue weighted by Gasteiger charge is -2.32. The lowest BCUT2D eigenvalue weighted by Crippen LogP contribution is -2.51. The van der Waals surface area contributed by atoms with Crippen molar-refractivity contribution in [2.45, 2.75) is 32.9 Å². The topological polar surface area (TPSA) is 67.9 Å². The minimum absolute atomic E-state index is 0.189. The van der Waals surface area contributed by atoms with Crippen LogP contribution in [0.25, 0.3) is 0 Å². The molecule has 1 unspecified atom stereocenters. The van der Waals surface area contributed by atoms with Gasteiger partial charge in [-0.2, -0.15) is 0 Å². The number of nitrogens with zero attached hydrogens (tertiary/aromatic N) is 1. The Hall–Kier alpha value is -3.80. The first-order valence-electron chi connectivity index (χ1n) is 11.4. The summed E-state index contributed by atoms with van der Waals surface area (Å²) in [7, 11) is 1.56. The van der Waals surface area contributed by atoms with E-state index in [1.807, 2.05) is 80.6 Å². The van der Waals surface area contributed by atoms with Gasteiger partial charge in [-0.1, -0.05) is 66.7 Å². The summed E-state index contributed by atoms with van der Waals surface area (Å²) in [4.78, 5) is 28.4. The highest BCUT2D eigenvalue weighted by atomic mass is 16.5. The lowest BCUT2D eigenvalue weighted by molar-refractivity contribution is -0.142. The van der Waals surface area contributed by atoms with E-state index in [1.54, 1.807) is 24.1 Å². The quantitative estimate of drug-likeness (QED) is 0.467. The van der Waals surface area contributed by atoms with E-state index in [4.69, 9.17) is 9.47 Å². The largest absolute Gasteiger partial charge is 0.493 e. The molecule has 178 valence electrons. The molecule has 0 aromatic heterocycles. The number of likely N-dealkylation sites (N-methyl/N-ethyl adjacent to an activating group) is 1. The lowest BCUT2D eigenvalue weighted by atomic mass is 10.0. The van der Waals surface area contributed by atoms with Crippen LogP contribution in [0.15, 0.2) is 78.9 Å². The third-order valence-corrected chi connectivity index (χ3v) is 5.64. The van der Waals surface area contributed by atoms with Gasteiger partial charge < -0.3 is 19.7 Å². The maximum absolute atomic E-state index is 13.6. The van der Waals surface area contributed by atoms with E-state index in [2.05, 4.69) is 5.32 Å². The van der Waals surface area contributed by atoms with Crippen molar-refractivity contribution in [3.05, 3.63) is 95.6 Å². The van der Waals surface area contributed by atoms with Crippen molar-refractivity contribution in [3.63, 3.8) is 0 Å². The van der Waals surface area contributed by atoms with Crippen molar-refractivity contribution >= 4 is 11.8 Å². The van der Waals surface area contributed by atoms with Crippen LogP contribution in [0.4, 0.5) is 0 Å². The van der Waals surface area contributed by atoms with Crippen LogP contribution in [0.5, 0.6) is 11.5 Å². The number of carbonyl (C=O) groups is 2. The van der Waals surface area contributed by atoms with E-state index < -0.39 is 6.04 Å². The van der Waals surface area contributed by atoms with Crippen molar-refractivity contribution < 1.29 is 19.1 Å². The van der Waals surface area contributed by atoms with Gasteiger partial charge in [-0.25, -0.2) is 0 Å². The first-order chi connectivity index (χ1) is 16.5. The molecule has 6 nitrogen and oxygen atoms in total. The maximum atomic E-state index is 13.6. The molecule has 3 rings (SSSR count). The fraction of sp³-hybridized carbons (Fsp3) is 0.286. The van der Waals surface area contributed by atoms with Gasteiger partial charge in [0, 0.05) is 19.5 Å². The molecule has 1 atom stereocenters. The summed E-state index contributed by atoms with van der Waals surface area (Å²) in [6, 6.07) is 24.1. The summed E-state index contributed by atoms with van der Waals surface area (Å²) < 4.78 is 11.2. The maximum Gasteiger partial charge on any atom is 0.261 e. The first kappa shape index (κ1) is 24.8. The average molecular weight is 461 g/mol. The number of rotatable bonds is 11. The molecule has 0 bridgehead atoms. The number of aryl methyl sites for hydroxylation is 1. The number of hydrogen-bond donors (Lipinski definition) is 1. The summed E-state index contributed by atoms with van der Waals surface area (Å²) in [5.41, 5.74) is 3.02. The molecule has 0 radical (unpaired) electrons. The molecule has 0 spiro atoms. The third kappa shape index (κ3) is 6.61. The number of para-hydroxylation sites is 2. The van der Waals surface area contributed by atoms with Crippen molar-refractivity contribution in [2.24, 2.45) is 0 Å². The number of carbonyl (C=O) groups excluding carboxylic acids is 2. The fourth-order valence-electron chi connectivity index (χ4n) is 3.78. The standard InChI is InChI=1S/C28H32N2O4/c1-4-29-28(32)24(18-22-13-6-5-7-14-22)30(19-23-15-9-8-12-21(23)2)27(31)20-34-26-17-11-10-16-25(26)33-3/h5-17,24H,4,18-20H2,1-3H3,(H,29,32). The SMILES string of the molecule is CCNC(=O)C(Cc1ccccc1)N(Cc1ccccc1C)C(=O)COc1ccccc1OC. The van der Waals surface area contributed by atoms with Crippen LogP contribution < -0.4 is 14.8 Å². The molecule has 3 aromatic rings. The van der Waals surface area contributed by atoms with Crippen molar-refractivity contribution in [3.8, 4) is 11.5 Å². The molecule has 1 N–H and O–H groups in total. The van der Waals surface area contributed by atoms with Crippen LogP contribution in [0.3, 0.4) is 0 Å². The molecule has 3 aromatic carbocycles. The number of nitrogens with one attached hydrogen (secondary N) is 1. The number of methoxy groups -OCH3 is 1. The zero-order chi connectivity index (χ0) is 24.3. The summed E-state index contributed by atoms with van der Waals surface area (Å²) in [6.07, 6.45) is 0.402. The van der Waals surface area contributed by atoms with E-state index in [-0.39, 0.29) is 18.4 Å². The highest BCUT2D eigenvalue weighted by Gasteiger charge is 2.30. The second-order valence-electron chi connectivity index (χ2n) is 7.99. The molecule has 0 aliphatic rings. The Labute approximate surface area is 201 Å². The Morgan fingerprint density at radius 1 is 0.912 bits per heavy atom. The predicted molar refractivity (Wildman–Crippen MR) is 133 cm³/mol. The highest BCUT2D eigenvalue weighted by Crippen LogP contribution is 2.26. The smallest absolute Gasteiger partial charge is 0.261 e. The van der Waals surface area contributed by atoms with E-state index in [0.717, 1.165) is 16.7 Å². The summed E-state index contributed by atoms with van der Waals surface area (Å²) in [6.45, 7) is 4.44. The summed E-state index contributed by atoms with van der Waals surface area (Å²) in [5.74, 6) is 0.559. The molecule has 0 heterocycles. The normalized spacial score (nSPS) is 11.4. The van der Waals surface area contributed by atoms with Gasteiger partial charge >= 0.3 is 0 Å². The van der Waals surface area contributed by atoms with Crippen LogP contribution in [-0.2, 0) is 22.6 Å². The Morgan fingerprint density at radius 3 is 2.24 bits per heavy atom. The summed E-state index contributed by atoms with van der Waals surface area (Å²) >= 11 is 0. The summed E-state index contributed by atoms with van der Waals surface area (Å²) in [5, 5.41) is 2.90. The third-order valence-electron chi connectivity index (χ3n) is 5.64. The zero-order valence-corrected chi connectivity index (χ0v) is 20.0. The van der Waals surface area contributed by atoms with Gasteiger partial charge in [-0.3, -0.25) is 9.59 Å². The van der Waals surface area contributed by atoms with E-state index >= 15 is 0 Å². The van der Waals surface area contributed by atoms with Gasteiger partial charge in [0.05, 0.1) is 7.11 Å². The van der Waals surface area contributed by atoms with E-state index in [0.29, 0.717) is 31.0 Å². The monoisotopic (exact) mass is 460 g/mol. The van der Waals surface area contributed by atoms with Gasteiger partial charge in [0.25, 0.3) is 5.91 Å². The van der Waals surface area contributed by atoms with Crippen molar-refractivity contribution in [1.82, 2.24) is 10.2 Å². The molecule has 0 aliphatic heterocycles. The van der Waals surface area contributed by atoms with E-state index in [1.165, 1.54) is 0 Å². The van der Waals surface area contributed by atoms with Gasteiger partial charge in [-0.15, -0.1) is 0 Å². The van der Waals surface area contributed by atoms with Crippen LogP contribution in [-0.4, -0.2) is 43.0 Å². The molecule has 0 fully saturated rings. The number of benzene rings is 3. The minimum atomic E-state index is -0.685. The molecular weight excluding hydrogens is 428 g/mol. The van der Waals surface area contributed by atoms with Crippen LogP contribution in [0.1, 0.15) is 23.6 Å². The number of ether oxygens (including phenoxy) is 2. The van der Waals surface area contributed by atoms with Crippen molar-refractivity contribution in [1.29, 1.82) is 0 Å². The van der Waals surface area contributed by atoms with Gasteiger partial charge in [0.2, 0.25) is 5.91 Å². The van der Waals surface area contributed by atoms with Gasteiger partial charge in [-0.05, 0) is 42.7 Å². The van der Waals surface area contributed by atoms with Crippen LogP contribution in [0, 0.1) is 6.92 Å². The van der Waals surface area contributed by atoms with E-state index in [9.17, 15) is 9.59 Å². The van der Waals surface area contributed by atoms with Gasteiger partial charge in [0.15, 0.2) is 18.1 Å². The van der Waals surface area contributed by atoms with Gasteiger partial charge in [0.1, 0.15) is 6.04 Å². The molecule has 0 aliphatic carbocycles. The zero-order valence-electron chi connectivity index (χ0n) is 20.0. The Bertz CT molecular complexity index is 1080. The second-order valence-corrected chi connectivity index (χ2v) is 7.99. The fourth-order valence-corrected chi connectivity index (χ4v) is 3.78. The average Bonchev–Trinajstić information content (AvgIpc) is 2.86. The Kier molecular flexibility index (Phi) is 9.09. The second kappa shape index (κ2) is 12.4. The van der Waals surface area contributed by atoms with Crippen LogP contribution in [0.2, 0.25) is 0 Å². The molecule has 34 heavy (non-hydrogen) atoms. The number of amides is 2. The Morgan fingerprint density at radius 2 is 1.56 bits per heavy atom. The van der Waals surface area contributed by atoms with Crippen LogP contribution >= 0.6 is 0 Å². The predicted octanol–water partition coefficient (Wildman–Crippen LogP) is 4.16. The highest BCUT2D eigenvalue weighted by molar-refractivity contribution is 5.88. The Balaban J connectivity index is 1.91. The molecule has 0 saturated heterocycles. The molecule has 0 saturated carbocycles. The molecule has 2 amide bonds. The minimum Gasteiger partial charge on any atom is -0.493 e. The van der Waals surface area contributed by atoms with Crippen molar-refractivity contribution in [2.75, 3.05) is 20.3 Å². The number of hydrogen-bond acceptors (Lipinski definition) is 4. The molecule has 6 heteroatoms. The first-order valence-corrected chi connectivity index (χ1v) is 11.4.